The summed E-state index contributed by atoms with van der Waals surface area (Å²) < 4.78 is 68.2. The number of likely N-dealkylation sites (tertiary alicyclic amines) is 1. The molecule has 0 radical (unpaired) electrons. The van der Waals surface area contributed by atoms with Crippen molar-refractivity contribution in [1.82, 2.24) is 14.9 Å². The van der Waals surface area contributed by atoms with Crippen molar-refractivity contribution in [2.45, 2.75) is 44.4 Å². The number of hydrogen-bond acceptors (Lipinski definition) is 6. The third-order valence-corrected chi connectivity index (χ3v) is 4.25. The SMILES string of the molecule is C[C@@H](Nc1cc(N2CCC2C(F)(F)F)ncn1)C(=O)N1CCC1.OC(F)(F)F. The van der Waals surface area contributed by atoms with Crippen LogP contribution in [0.1, 0.15) is 19.8 Å². The van der Waals surface area contributed by atoms with Crippen LogP contribution in [0.25, 0.3) is 0 Å². The molecule has 0 aliphatic carbocycles. The number of nitrogens with zero attached hydrogens (tertiary/aromatic N) is 4. The smallest absolute Gasteiger partial charge is 0.358 e. The molecular weight excluding hydrogens is 396 g/mol. The monoisotopic (exact) mass is 415 g/mol. The van der Waals surface area contributed by atoms with E-state index in [-0.39, 0.29) is 18.1 Å². The summed E-state index contributed by atoms with van der Waals surface area (Å²) in [6, 6.07) is -0.518. The molecule has 13 heteroatoms. The van der Waals surface area contributed by atoms with E-state index in [0.29, 0.717) is 12.4 Å². The third kappa shape index (κ3) is 6.11. The normalized spacial score (nSPS) is 20.4. The Kier molecular flexibility index (Phi) is 6.57. The molecule has 1 aromatic heterocycles. The fourth-order valence-corrected chi connectivity index (χ4v) is 2.68. The summed E-state index contributed by atoms with van der Waals surface area (Å²) in [5.41, 5.74) is 0. The van der Waals surface area contributed by atoms with Gasteiger partial charge in [0.2, 0.25) is 5.91 Å². The van der Waals surface area contributed by atoms with Gasteiger partial charge in [0.1, 0.15) is 30.0 Å². The first-order valence-electron chi connectivity index (χ1n) is 8.36. The van der Waals surface area contributed by atoms with Crippen molar-refractivity contribution in [2.75, 3.05) is 29.9 Å². The topological polar surface area (TPSA) is 81.6 Å². The first kappa shape index (κ1) is 22.0. The Balaban J connectivity index is 0.000000500. The van der Waals surface area contributed by atoms with Crippen LogP contribution in [0.5, 0.6) is 0 Å². The molecule has 2 saturated heterocycles. The standard InChI is InChI=1S/C14H18F3N5O.CHF3O/c1-9(13(23)21-4-2-5-21)20-11-7-12(19-8-18-11)22-6-3-10(22)14(15,16)17;2-1(3,4)5/h7-10H,2-6H2,1H3,(H,18,19,20);5H/t9-,10?;/m1./s1. The van der Waals surface area contributed by atoms with Crippen molar-refractivity contribution in [2.24, 2.45) is 0 Å². The fourth-order valence-electron chi connectivity index (χ4n) is 2.68. The summed E-state index contributed by atoms with van der Waals surface area (Å²) in [7, 11) is 0. The second kappa shape index (κ2) is 8.37. The van der Waals surface area contributed by atoms with Crippen LogP contribution < -0.4 is 10.2 Å². The van der Waals surface area contributed by atoms with Crippen LogP contribution in [0.3, 0.4) is 0 Å². The summed E-state index contributed by atoms with van der Waals surface area (Å²) in [4.78, 5) is 22.9. The minimum atomic E-state index is -5.00. The number of alkyl halides is 6. The molecule has 1 unspecified atom stereocenters. The van der Waals surface area contributed by atoms with Crippen LogP contribution in [0.15, 0.2) is 12.4 Å². The summed E-state index contributed by atoms with van der Waals surface area (Å²) in [5.74, 6) is 0.539. The number of anilines is 2. The first-order chi connectivity index (χ1) is 12.9. The lowest BCUT2D eigenvalue weighted by Gasteiger charge is -2.42. The molecule has 2 atom stereocenters. The lowest BCUT2D eigenvalue weighted by atomic mass is 10.0. The van der Waals surface area contributed by atoms with E-state index in [0.717, 1.165) is 19.5 Å². The second-order valence-electron chi connectivity index (χ2n) is 6.31. The Morgan fingerprint density at radius 1 is 1.21 bits per heavy atom. The minimum Gasteiger partial charge on any atom is -0.358 e. The zero-order chi connectivity index (χ0) is 21.1. The molecule has 2 fully saturated rings. The van der Waals surface area contributed by atoms with Crippen molar-refractivity contribution in [3.8, 4) is 0 Å². The van der Waals surface area contributed by atoms with Crippen molar-refractivity contribution in [3.05, 3.63) is 12.4 Å². The van der Waals surface area contributed by atoms with E-state index in [1.54, 1.807) is 11.8 Å². The van der Waals surface area contributed by atoms with E-state index in [1.807, 2.05) is 0 Å². The summed E-state index contributed by atoms with van der Waals surface area (Å²) in [6.45, 7) is 3.52. The van der Waals surface area contributed by atoms with E-state index in [4.69, 9.17) is 5.11 Å². The van der Waals surface area contributed by atoms with Gasteiger partial charge in [0, 0.05) is 25.7 Å². The van der Waals surface area contributed by atoms with Crippen molar-refractivity contribution in [1.29, 1.82) is 0 Å². The van der Waals surface area contributed by atoms with Crippen LogP contribution in [0.2, 0.25) is 0 Å². The van der Waals surface area contributed by atoms with E-state index in [2.05, 4.69) is 15.3 Å². The number of carbonyl (C=O) groups is 1. The number of rotatable bonds is 4. The molecular formula is C15H19F6N5O2. The van der Waals surface area contributed by atoms with Crippen LogP contribution in [-0.4, -0.2) is 70.1 Å². The van der Waals surface area contributed by atoms with E-state index in [9.17, 15) is 31.1 Å². The van der Waals surface area contributed by atoms with E-state index in [1.165, 1.54) is 17.3 Å². The Bertz CT molecular complexity index is 674. The number of aromatic nitrogens is 2. The summed E-state index contributed by atoms with van der Waals surface area (Å²) >= 11 is 0. The Morgan fingerprint density at radius 3 is 2.25 bits per heavy atom. The molecule has 0 aromatic carbocycles. The van der Waals surface area contributed by atoms with Gasteiger partial charge in [0.05, 0.1) is 0 Å². The average molecular weight is 415 g/mol. The number of carbonyl (C=O) groups excluding carboxylic acids is 1. The molecule has 0 bridgehead atoms. The molecule has 7 nitrogen and oxygen atoms in total. The molecule has 2 N–H and O–H groups in total. The lowest BCUT2D eigenvalue weighted by molar-refractivity contribution is -0.295. The Labute approximate surface area is 156 Å². The van der Waals surface area contributed by atoms with Crippen LogP contribution >= 0.6 is 0 Å². The highest BCUT2D eigenvalue weighted by Crippen LogP contribution is 2.36. The molecule has 0 saturated carbocycles. The zero-order valence-corrected chi connectivity index (χ0v) is 14.8. The Morgan fingerprint density at radius 2 is 1.82 bits per heavy atom. The maximum absolute atomic E-state index is 12.8. The van der Waals surface area contributed by atoms with Gasteiger partial charge in [-0.15, -0.1) is 13.2 Å². The first-order valence-corrected chi connectivity index (χ1v) is 8.36. The average Bonchev–Trinajstić information content (AvgIpc) is 2.40. The highest BCUT2D eigenvalue weighted by Gasteiger charge is 2.49. The number of aliphatic hydroxyl groups is 1. The summed E-state index contributed by atoms with van der Waals surface area (Å²) in [6.07, 6.45) is -6.98. The number of nitrogens with one attached hydrogen (secondary N) is 1. The van der Waals surface area contributed by atoms with Crippen molar-refractivity contribution >= 4 is 17.5 Å². The molecule has 3 rings (SSSR count). The second-order valence-corrected chi connectivity index (χ2v) is 6.31. The molecule has 158 valence electrons. The quantitative estimate of drug-likeness (QED) is 0.734. The highest BCUT2D eigenvalue weighted by atomic mass is 19.4. The van der Waals surface area contributed by atoms with Gasteiger partial charge in [-0.1, -0.05) is 0 Å². The van der Waals surface area contributed by atoms with Crippen LogP contribution in [0.4, 0.5) is 38.0 Å². The van der Waals surface area contributed by atoms with E-state index >= 15 is 0 Å². The molecule has 1 aromatic rings. The maximum atomic E-state index is 12.8. The van der Waals surface area contributed by atoms with Gasteiger partial charge < -0.3 is 20.2 Å². The van der Waals surface area contributed by atoms with Gasteiger partial charge in [-0.25, -0.2) is 9.97 Å². The predicted molar refractivity (Wildman–Crippen MR) is 86.4 cm³/mol. The molecule has 2 aliphatic rings. The lowest BCUT2D eigenvalue weighted by Crippen LogP contribution is -2.56. The molecule has 2 aliphatic heterocycles. The number of halogens is 6. The van der Waals surface area contributed by atoms with Crippen LogP contribution in [0, 0.1) is 0 Å². The maximum Gasteiger partial charge on any atom is 0.519 e. The van der Waals surface area contributed by atoms with Crippen molar-refractivity contribution in [3.63, 3.8) is 0 Å². The van der Waals surface area contributed by atoms with Gasteiger partial charge in [-0.2, -0.15) is 13.2 Å². The minimum absolute atomic E-state index is 0.0338. The van der Waals surface area contributed by atoms with Crippen LogP contribution in [-0.2, 0) is 4.79 Å². The summed E-state index contributed by atoms with van der Waals surface area (Å²) in [5, 5.41) is 9.46. The predicted octanol–water partition coefficient (Wildman–Crippen LogP) is 2.15. The van der Waals surface area contributed by atoms with Gasteiger partial charge in [-0.3, -0.25) is 4.79 Å². The number of amides is 1. The van der Waals surface area contributed by atoms with Gasteiger partial charge >= 0.3 is 12.5 Å². The van der Waals surface area contributed by atoms with Gasteiger partial charge in [0.25, 0.3) is 0 Å². The largest absolute Gasteiger partial charge is 0.519 e. The van der Waals surface area contributed by atoms with Crippen molar-refractivity contribution < 1.29 is 36.2 Å². The van der Waals surface area contributed by atoms with Gasteiger partial charge in [-0.05, 0) is 19.8 Å². The zero-order valence-electron chi connectivity index (χ0n) is 14.8. The molecule has 28 heavy (non-hydrogen) atoms. The molecule has 3 heterocycles. The Hall–Kier alpha value is -2.31. The molecule has 1 amide bonds. The van der Waals surface area contributed by atoms with E-state index < -0.39 is 24.6 Å². The highest BCUT2D eigenvalue weighted by molar-refractivity contribution is 5.84. The van der Waals surface area contributed by atoms with Gasteiger partial charge in [0.15, 0.2) is 0 Å². The molecule has 0 spiro atoms. The number of hydrogen-bond donors (Lipinski definition) is 2. The third-order valence-electron chi connectivity index (χ3n) is 4.25. The fraction of sp³-hybridized carbons (Fsp3) is 0.667.